The predicted octanol–water partition coefficient (Wildman–Crippen LogP) is 5.50. The van der Waals surface area contributed by atoms with E-state index >= 15 is 0 Å². The Bertz CT molecular complexity index is 1360. The van der Waals surface area contributed by atoms with Crippen LogP contribution in [0.1, 0.15) is 17.2 Å². The summed E-state index contributed by atoms with van der Waals surface area (Å²) < 4.78 is 18.9. The van der Waals surface area contributed by atoms with E-state index in [0.29, 0.717) is 46.5 Å². The van der Waals surface area contributed by atoms with Crippen molar-refractivity contribution < 1.29 is 14.2 Å². The van der Waals surface area contributed by atoms with Crippen LogP contribution >= 0.6 is 23.2 Å². The lowest BCUT2D eigenvalue weighted by atomic mass is 10.0. The molecule has 0 amide bonds. The first kappa shape index (κ1) is 23.0. The molecule has 1 aromatic heterocycles. The van der Waals surface area contributed by atoms with E-state index in [-0.39, 0.29) is 6.04 Å². The van der Waals surface area contributed by atoms with Crippen molar-refractivity contribution in [2.24, 2.45) is 0 Å². The maximum atomic E-state index is 6.13. The SMILES string of the molecule is COc1cc([C@@H]2C=C(c3ccc(Cl)cc3)Nc3nnnn32)ccc1OCCOc1ccccc1Cl. The van der Waals surface area contributed by atoms with Gasteiger partial charge in [-0.3, -0.25) is 0 Å². The van der Waals surface area contributed by atoms with Gasteiger partial charge in [0.25, 0.3) is 0 Å². The Morgan fingerprint density at radius 3 is 2.46 bits per heavy atom. The average Bonchev–Trinajstić information content (AvgIpc) is 3.36. The van der Waals surface area contributed by atoms with E-state index in [2.05, 4.69) is 26.9 Å². The first-order chi connectivity index (χ1) is 17.1. The Labute approximate surface area is 212 Å². The number of aromatic nitrogens is 4. The van der Waals surface area contributed by atoms with Crippen LogP contribution in [0.3, 0.4) is 0 Å². The summed E-state index contributed by atoms with van der Waals surface area (Å²) in [5, 5.41) is 16.6. The van der Waals surface area contributed by atoms with Gasteiger partial charge >= 0.3 is 0 Å². The number of hydrogen-bond donors (Lipinski definition) is 1. The first-order valence-electron chi connectivity index (χ1n) is 10.8. The van der Waals surface area contributed by atoms with Gasteiger partial charge in [0.2, 0.25) is 5.95 Å². The fraction of sp³-hybridized carbons (Fsp3) is 0.160. The molecule has 0 aliphatic carbocycles. The van der Waals surface area contributed by atoms with E-state index in [1.165, 1.54) is 0 Å². The summed E-state index contributed by atoms with van der Waals surface area (Å²) in [6.45, 7) is 0.663. The maximum Gasteiger partial charge on any atom is 0.248 e. The first-order valence-corrected chi connectivity index (χ1v) is 11.6. The van der Waals surface area contributed by atoms with Crippen molar-refractivity contribution in [3.05, 3.63) is 94.0 Å². The van der Waals surface area contributed by atoms with Gasteiger partial charge in [0, 0.05) is 10.7 Å². The highest BCUT2D eigenvalue weighted by Crippen LogP contribution is 2.36. The zero-order valence-electron chi connectivity index (χ0n) is 18.7. The van der Waals surface area contributed by atoms with Gasteiger partial charge in [0.1, 0.15) is 25.0 Å². The number of hydrogen-bond acceptors (Lipinski definition) is 7. The van der Waals surface area contributed by atoms with Gasteiger partial charge in [-0.1, -0.05) is 58.6 Å². The zero-order valence-corrected chi connectivity index (χ0v) is 20.2. The molecule has 2 heterocycles. The van der Waals surface area contributed by atoms with Gasteiger partial charge in [-0.15, -0.1) is 0 Å². The van der Waals surface area contributed by atoms with E-state index in [9.17, 15) is 0 Å². The highest BCUT2D eigenvalue weighted by molar-refractivity contribution is 6.32. The number of rotatable bonds is 8. The van der Waals surface area contributed by atoms with Crippen molar-refractivity contribution in [1.29, 1.82) is 0 Å². The fourth-order valence-corrected chi connectivity index (χ4v) is 4.06. The molecule has 1 aliphatic heterocycles. The number of ether oxygens (including phenoxy) is 3. The summed E-state index contributed by atoms with van der Waals surface area (Å²) >= 11 is 12.2. The molecule has 3 aromatic carbocycles. The monoisotopic (exact) mass is 509 g/mol. The number of nitrogens with zero attached hydrogens (tertiary/aromatic N) is 4. The summed E-state index contributed by atoms with van der Waals surface area (Å²) in [7, 11) is 1.60. The number of para-hydroxylation sites is 1. The Balaban J connectivity index is 1.34. The van der Waals surface area contributed by atoms with E-state index in [0.717, 1.165) is 16.8 Å². The second kappa shape index (κ2) is 10.2. The normalized spacial score (nSPS) is 14.5. The molecule has 0 saturated heterocycles. The highest BCUT2D eigenvalue weighted by Gasteiger charge is 2.25. The lowest BCUT2D eigenvalue weighted by molar-refractivity contribution is 0.211. The zero-order chi connectivity index (χ0) is 24.2. The van der Waals surface area contributed by atoms with Gasteiger partial charge in [0.05, 0.1) is 12.1 Å². The second-order valence-electron chi connectivity index (χ2n) is 7.64. The highest BCUT2D eigenvalue weighted by atomic mass is 35.5. The minimum Gasteiger partial charge on any atom is -0.493 e. The summed E-state index contributed by atoms with van der Waals surface area (Å²) in [5.41, 5.74) is 2.78. The standard InChI is InChI=1S/C25H21Cl2N5O3/c1-33-24-14-17(8-11-23(24)35-13-12-34-22-5-3-2-4-19(22)27)21-15-20(16-6-9-18(26)10-7-16)28-25-29-30-31-32(21)25/h2-11,14-15,21H,12-13H2,1H3,(H,28,29,31)/t21-/m0/s1. The van der Waals surface area contributed by atoms with Crippen molar-refractivity contribution >= 4 is 34.8 Å². The molecule has 0 bridgehead atoms. The number of benzene rings is 3. The summed E-state index contributed by atoms with van der Waals surface area (Å²) in [5.74, 6) is 2.35. The molecule has 1 aliphatic rings. The number of fused-ring (bicyclic) bond motifs is 1. The van der Waals surface area contributed by atoms with Crippen LogP contribution in [0.5, 0.6) is 17.2 Å². The Kier molecular flexibility index (Phi) is 6.74. The van der Waals surface area contributed by atoms with Crippen LogP contribution in [-0.2, 0) is 0 Å². The van der Waals surface area contributed by atoms with Gasteiger partial charge < -0.3 is 19.5 Å². The minimum atomic E-state index is -0.251. The largest absolute Gasteiger partial charge is 0.493 e. The quantitative estimate of drug-likeness (QED) is 0.314. The number of nitrogens with one attached hydrogen (secondary N) is 1. The second-order valence-corrected chi connectivity index (χ2v) is 8.49. The van der Waals surface area contributed by atoms with Gasteiger partial charge in [-0.25, -0.2) is 0 Å². The van der Waals surface area contributed by atoms with Crippen molar-refractivity contribution in [1.82, 2.24) is 20.2 Å². The lowest BCUT2D eigenvalue weighted by Gasteiger charge is -2.24. The minimum absolute atomic E-state index is 0.251. The molecule has 5 rings (SSSR count). The molecule has 0 spiro atoms. The molecular formula is C25H21Cl2N5O3. The lowest BCUT2D eigenvalue weighted by Crippen LogP contribution is -2.20. The van der Waals surface area contributed by atoms with Crippen LogP contribution in [0.2, 0.25) is 10.0 Å². The number of tetrazole rings is 1. The third-order valence-electron chi connectivity index (χ3n) is 5.45. The molecule has 1 N–H and O–H groups in total. The maximum absolute atomic E-state index is 6.13. The Hall–Kier alpha value is -3.75. The fourth-order valence-electron chi connectivity index (χ4n) is 3.74. The van der Waals surface area contributed by atoms with E-state index in [1.807, 2.05) is 60.7 Å². The molecule has 10 heteroatoms. The van der Waals surface area contributed by atoms with Gasteiger partial charge in [-0.05, 0) is 64.0 Å². The number of methoxy groups -OCH3 is 1. The molecule has 178 valence electrons. The smallest absolute Gasteiger partial charge is 0.248 e. The molecular weight excluding hydrogens is 489 g/mol. The third kappa shape index (κ3) is 5.03. The summed E-state index contributed by atoms with van der Waals surface area (Å²) in [6.07, 6.45) is 2.05. The van der Waals surface area contributed by atoms with Crippen LogP contribution in [0.15, 0.2) is 72.8 Å². The van der Waals surface area contributed by atoms with Crippen LogP contribution in [0.4, 0.5) is 5.95 Å². The molecule has 0 radical (unpaired) electrons. The summed E-state index contributed by atoms with van der Waals surface area (Å²) in [4.78, 5) is 0. The Morgan fingerprint density at radius 2 is 1.69 bits per heavy atom. The van der Waals surface area contributed by atoms with E-state index in [4.69, 9.17) is 37.4 Å². The van der Waals surface area contributed by atoms with E-state index < -0.39 is 0 Å². The van der Waals surface area contributed by atoms with Crippen LogP contribution < -0.4 is 19.5 Å². The average molecular weight is 510 g/mol. The number of allylic oxidation sites excluding steroid dienone is 1. The molecule has 4 aromatic rings. The third-order valence-corrected chi connectivity index (χ3v) is 6.01. The molecule has 8 nitrogen and oxygen atoms in total. The molecule has 35 heavy (non-hydrogen) atoms. The molecule has 0 unspecified atom stereocenters. The number of anilines is 1. The molecule has 0 saturated carbocycles. The van der Waals surface area contributed by atoms with Crippen molar-refractivity contribution in [2.75, 3.05) is 25.6 Å². The van der Waals surface area contributed by atoms with Crippen LogP contribution in [0.25, 0.3) is 5.70 Å². The summed E-state index contributed by atoms with van der Waals surface area (Å²) in [6, 6.07) is 20.4. The van der Waals surface area contributed by atoms with E-state index in [1.54, 1.807) is 17.9 Å². The molecule has 0 fully saturated rings. The van der Waals surface area contributed by atoms with Crippen molar-refractivity contribution in [3.63, 3.8) is 0 Å². The Morgan fingerprint density at radius 1 is 0.914 bits per heavy atom. The van der Waals surface area contributed by atoms with Crippen LogP contribution in [0, 0.1) is 0 Å². The van der Waals surface area contributed by atoms with Crippen LogP contribution in [-0.4, -0.2) is 40.5 Å². The predicted molar refractivity (Wildman–Crippen MR) is 134 cm³/mol. The van der Waals surface area contributed by atoms with Crippen molar-refractivity contribution in [2.45, 2.75) is 6.04 Å². The topological polar surface area (TPSA) is 83.3 Å². The molecule has 1 atom stereocenters. The van der Waals surface area contributed by atoms with Gasteiger partial charge in [-0.2, -0.15) is 4.68 Å². The number of halogens is 2. The van der Waals surface area contributed by atoms with Crippen molar-refractivity contribution in [3.8, 4) is 17.2 Å². The van der Waals surface area contributed by atoms with Gasteiger partial charge in [0.15, 0.2) is 11.5 Å².